The van der Waals surface area contributed by atoms with Gasteiger partial charge in [0, 0.05) is 17.3 Å². The maximum atomic E-state index is 11.7. The predicted octanol–water partition coefficient (Wildman–Crippen LogP) is 4.61. The Morgan fingerprint density at radius 2 is 1.96 bits per heavy atom. The van der Waals surface area contributed by atoms with Crippen LogP contribution in [0.25, 0.3) is 10.2 Å². The second kappa shape index (κ2) is 7.64. The van der Waals surface area contributed by atoms with Gasteiger partial charge in [0.05, 0.1) is 5.39 Å². The molecule has 0 amide bonds. The average molecular weight is 408 g/mol. The zero-order chi connectivity index (χ0) is 19.1. The summed E-state index contributed by atoms with van der Waals surface area (Å²) in [6.45, 7) is 1.67. The van der Waals surface area contributed by atoms with Crippen LogP contribution < -0.4 is 4.74 Å². The number of nitrogens with zero attached hydrogens (tertiary/aromatic N) is 3. The Balaban J connectivity index is 1.64. The Morgan fingerprint density at radius 3 is 2.63 bits per heavy atom. The van der Waals surface area contributed by atoms with Gasteiger partial charge in [-0.25, -0.2) is 4.98 Å². The molecule has 2 aromatic heterocycles. The molecule has 1 fully saturated rings. The molecule has 2 heterocycles. The third-order valence-corrected chi connectivity index (χ3v) is 7.25. The highest BCUT2D eigenvalue weighted by Gasteiger charge is 2.32. The predicted molar refractivity (Wildman–Crippen MR) is 109 cm³/mol. The Morgan fingerprint density at radius 1 is 1.22 bits per heavy atom. The Hall–Kier alpha value is -1.24. The summed E-state index contributed by atoms with van der Waals surface area (Å²) in [5, 5.41) is 1.24. The molecule has 0 unspecified atom stereocenters. The van der Waals surface area contributed by atoms with Crippen LogP contribution in [0.15, 0.2) is 0 Å². The molecule has 1 saturated carbocycles. The van der Waals surface area contributed by atoms with Crippen molar-refractivity contribution in [2.45, 2.75) is 69.9 Å². The largest absolute Gasteiger partial charge is 0.474 e. The number of halogens is 1. The summed E-state index contributed by atoms with van der Waals surface area (Å²) in [4.78, 5) is 25.1. The molecule has 0 spiro atoms. The lowest BCUT2D eigenvalue weighted by Crippen LogP contribution is -2.35. The van der Waals surface area contributed by atoms with Crippen LogP contribution in [0.4, 0.5) is 0 Å². The summed E-state index contributed by atoms with van der Waals surface area (Å²) in [6, 6.07) is 0.629. The molecule has 0 aromatic carbocycles. The van der Waals surface area contributed by atoms with Crippen molar-refractivity contribution in [3.8, 4) is 5.88 Å². The minimum Gasteiger partial charge on any atom is -0.474 e. The van der Waals surface area contributed by atoms with Crippen molar-refractivity contribution in [2.75, 3.05) is 14.1 Å². The van der Waals surface area contributed by atoms with E-state index in [2.05, 4.69) is 29.0 Å². The average Bonchev–Trinajstić information content (AvgIpc) is 3.14. The highest BCUT2D eigenvalue weighted by Crippen LogP contribution is 2.48. The lowest BCUT2D eigenvalue weighted by Gasteiger charge is -2.32. The van der Waals surface area contributed by atoms with Gasteiger partial charge in [0.15, 0.2) is 0 Å². The lowest BCUT2D eigenvalue weighted by molar-refractivity contribution is -0.117. The molecule has 0 radical (unpaired) electrons. The molecule has 0 N–H and O–H groups in total. The lowest BCUT2D eigenvalue weighted by atomic mass is 9.92. The summed E-state index contributed by atoms with van der Waals surface area (Å²) >= 11 is 7.87. The van der Waals surface area contributed by atoms with Crippen molar-refractivity contribution < 1.29 is 9.53 Å². The van der Waals surface area contributed by atoms with Crippen LogP contribution in [-0.4, -0.2) is 46.9 Å². The molecule has 27 heavy (non-hydrogen) atoms. The van der Waals surface area contributed by atoms with E-state index in [1.165, 1.54) is 10.4 Å². The van der Waals surface area contributed by atoms with Crippen LogP contribution in [0.3, 0.4) is 0 Å². The van der Waals surface area contributed by atoms with E-state index in [0.717, 1.165) is 48.7 Å². The van der Waals surface area contributed by atoms with Gasteiger partial charge in [0.25, 0.3) is 0 Å². The number of rotatable bonds is 5. The van der Waals surface area contributed by atoms with Crippen LogP contribution in [0.1, 0.15) is 61.8 Å². The summed E-state index contributed by atoms with van der Waals surface area (Å²) in [7, 11) is 4.28. The van der Waals surface area contributed by atoms with Gasteiger partial charge in [-0.2, -0.15) is 4.98 Å². The number of ketones is 1. The fourth-order valence-electron chi connectivity index (χ4n) is 4.55. The van der Waals surface area contributed by atoms with Crippen molar-refractivity contribution in [3.05, 3.63) is 15.7 Å². The van der Waals surface area contributed by atoms with Gasteiger partial charge < -0.3 is 14.4 Å². The van der Waals surface area contributed by atoms with Gasteiger partial charge in [-0.1, -0.05) is 0 Å². The van der Waals surface area contributed by atoms with Gasteiger partial charge in [-0.3, -0.25) is 0 Å². The first-order valence-electron chi connectivity index (χ1n) is 9.73. The van der Waals surface area contributed by atoms with Gasteiger partial charge in [0.2, 0.25) is 11.2 Å². The number of hydrogen-bond donors (Lipinski definition) is 0. The van der Waals surface area contributed by atoms with Gasteiger partial charge in [-0.05, 0) is 82.6 Å². The number of aryl methyl sites for hydroxylation is 1. The Kier molecular flexibility index (Phi) is 5.41. The molecule has 146 valence electrons. The van der Waals surface area contributed by atoms with E-state index in [9.17, 15) is 4.79 Å². The van der Waals surface area contributed by atoms with E-state index in [-0.39, 0.29) is 23.1 Å². The maximum absolute atomic E-state index is 11.7. The molecule has 2 aliphatic carbocycles. The number of Topliss-reactive ketones (excluding diaryl/α,β-unsaturated/α-hetero) is 1. The Labute approximate surface area is 169 Å². The highest BCUT2D eigenvalue weighted by atomic mass is 35.5. The minimum atomic E-state index is 0.165. The van der Waals surface area contributed by atoms with E-state index in [1.54, 1.807) is 18.3 Å². The minimum absolute atomic E-state index is 0.165. The first-order chi connectivity index (χ1) is 12.9. The molecule has 1 atom stereocenters. The van der Waals surface area contributed by atoms with E-state index >= 15 is 0 Å². The molecule has 0 bridgehead atoms. The number of fused-ring (bicyclic) bond motifs is 3. The van der Waals surface area contributed by atoms with Crippen molar-refractivity contribution in [1.29, 1.82) is 0 Å². The number of ether oxygens (including phenoxy) is 1. The molecule has 2 aliphatic rings. The zero-order valence-corrected chi connectivity index (χ0v) is 17.7. The molecule has 4 rings (SSSR count). The molecular formula is C20H26ClN3O2S. The van der Waals surface area contributed by atoms with E-state index in [4.69, 9.17) is 16.3 Å². The summed E-state index contributed by atoms with van der Waals surface area (Å²) in [5.74, 6) is 1.10. The second-order valence-electron chi connectivity index (χ2n) is 8.07. The summed E-state index contributed by atoms with van der Waals surface area (Å²) in [5.41, 5.74) is 1.24. The third kappa shape index (κ3) is 3.84. The van der Waals surface area contributed by atoms with Crippen LogP contribution in [0.2, 0.25) is 5.28 Å². The first kappa shape index (κ1) is 19.1. The number of hydrogen-bond acceptors (Lipinski definition) is 6. The maximum Gasteiger partial charge on any atom is 0.227 e. The second-order valence-corrected chi connectivity index (χ2v) is 9.49. The standard InChI is InChI=1S/C20H26ClN3O2S/c1-11(25)10-12-4-9-15-16(12)17-18(22-20(21)23-19(17)27-15)26-14-7-5-13(6-8-14)24(2)3/h12-14H,4-10H2,1-3H3/t12-,13?,14?/m1/s1. The molecule has 5 nitrogen and oxygen atoms in total. The van der Waals surface area contributed by atoms with E-state index < -0.39 is 0 Å². The topological polar surface area (TPSA) is 55.3 Å². The molecule has 0 aliphatic heterocycles. The number of thiophene rings is 1. The van der Waals surface area contributed by atoms with E-state index in [1.807, 2.05) is 0 Å². The van der Waals surface area contributed by atoms with Gasteiger partial charge in [-0.15, -0.1) is 11.3 Å². The van der Waals surface area contributed by atoms with Crippen molar-refractivity contribution in [1.82, 2.24) is 14.9 Å². The van der Waals surface area contributed by atoms with Crippen LogP contribution in [-0.2, 0) is 11.2 Å². The monoisotopic (exact) mass is 407 g/mol. The number of carbonyl (C=O) groups excluding carboxylic acids is 1. The molecule has 0 saturated heterocycles. The van der Waals surface area contributed by atoms with Crippen LogP contribution in [0.5, 0.6) is 5.88 Å². The van der Waals surface area contributed by atoms with Crippen LogP contribution in [0, 0.1) is 0 Å². The zero-order valence-electron chi connectivity index (χ0n) is 16.1. The molecular weight excluding hydrogens is 382 g/mol. The number of carbonyl (C=O) groups is 1. The molecule has 2 aromatic rings. The van der Waals surface area contributed by atoms with Gasteiger partial charge >= 0.3 is 0 Å². The van der Waals surface area contributed by atoms with Crippen molar-refractivity contribution >= 4 is 38.9 Å². The normalized spacial score (nSPS) is 25.1. The number of aromatic nitrogens is 2. The fourth-order valence-corrected chi connectivity index (χ4v) is 6.03. The third-order valence-electron chi connectivity index (χ3n) is 5.92. The quantitative estimate of drug-likeness (QED) is 0.677. The fraction of sp³-hybridized carbons (Fsp3) is 0.650. The van der Waals surface area contributed by atoms with Crippen molar-refractivity contribution in [2.24, 2.45) is 0 Å². The van der Waals surface area contributed by atoms with E-state index in [0.29, 0.717) is 18.3 Å². The van der Waals surface area contributed by atoms with Crippen LogP contribution >= 0.6 is 22.9 Å². The van der Waals surface area contributed by atoms with Crippen molar-refractivity contribution in [3.63, 3.8) is 0 Å². The SMILES string of the molecule is CC(=O)C[C@H]1CCc2sc3nc(Cl)nc(OC4CCC(N(C)C)CC4)c3c21. The highest BCUT2D eigenvalue weighted by molar-refractivity contribution is 7.19. The summed E-state index contributed by atoms with van der Waals surface area (Å²) in [6.07, 6.45) is 7.08. The first-order valence-corrected chi connectivity index (χ1v) is 10.9. The molecule has 7 heteroatoms. The summed E-state index contributed by atoms with van der Waals surface area (Å²) < 4.78 is 6.38. The van der Waals surface area contributed by atoms with Gasteiger partial charge in [0.1, 0.15) is 16.7 Å². The smallest absolute Gasteiger partial charge is 0.227 e. The Bertz CT molecular complexity index is 859.